The van der Waals surface area contributed by atoms with Gasteiger partial charge in [0.25, 0.3) is 0 Å². The van der Waals surface area contributed by atoms with Crippen LogP contribution in [0.15, 0.2) is 136 Å². The molecule has 320 valence electrons. The van der Waals surface area contributed by atoms with Crippen LogP contribution >= 0.6 is 11.8 Å². The second-order valence-corrected chi connectivity index (χ2v) is 19.3. The third-order valence-corrected chi connectivity index (χ3v) is 16.0. The van der Waals surface area contributed by atoms with Crippen LogP contribution < -0.4 is 19.1 Å². The summed E-state index contributed by atoms with van der Waals surface area (Å²) in [6.07, 6.45) is 16.3. The van der Waals surface area contributed by atoms with E-state index in [1.165, 1.54) is 88.7 Å². The second kappa shape index (κ2) is 16.5. The molecule has 6 aromatic rings. The first kappa shape index (κ1) is 40.2. The molecule has 2 aliphatic heterocycles. The predicted molar refractivity (Wildman–Crippen MR) is 254 cm³/mol. The van der Waals surface area contributed by atoms with Gasteiger partial charge in [-0.2, -0.15) is 4.91 Å². The third-order valence-electron chi connectivity index (χ3n) is 15.0. The van der Waals surface area contributed by atoms with E-state index in [1.807, 2.05) is 12.1 Å². The zero-order valence-corrected chi connectivity index (χ0v) is 36.9. The van der Waals surface area contributed by atoms with E-state index in [2.05, 4.69) is 125 Å². The van der Waals surface area contributed by atoms with Crippen molar-refractivity contribution in [2.24, 2.45) is 10.6 Å². The van der Waals surface area contributed by atoms with Crippen molar-refractivity contribution < 1.29 is 18.9 Å². The van der Waals surface area contributed by atoms with Gasteiger partial charge in [-0.05, 0) is 126 Å². The molecule has 5 aliphatic rings. The Kier molecular flexibility index (Phi) is 10.6. The number of anilines is 1. The number of methoxy groups -OCH3 is 1. The number of nitrogens with zero attached hydrogens (tertiary/aromatic N) is 2. The van der Waals surface area contributed by atoms with Gasteiger partial charge in [0.2, 0.25) is 0 Å². The Morgan fingerprint density at radius 3 is 2.21 bits per heavy atom. The van der Waals surface area contributed by atoms with Gasteiger partial charge in [-0.25, -0.2) is 0 Å². The molecule has 8 heteroatoms. The Morgan fingerprint density at radius 2 is 1.48 bits per heavy atom. The Morgan fingerprint density at radius 1 is 0.762 bits per heavy atom. The Labute approximate surface area is 374 Å². The molecule has 3 fully saturated rings. The monoisotopic (exact) mass is 854 g/mol. The summed E-state index contributed by atoms with van der Waals surface area (Å²) < 4.78 is 25.7. The second-order valence-electron chi connectivity index (χ2n) is 18.2. The van der Waals surface area contributed by atoms with Crippen molar-refractivity contribution in [3.05, 3.63) is 154 Å². The Hall–Kier alpha value is -5.57. The first-order valence-electron chi connectivity index (χ1n) is 22.9. The molecule has 11 rings (SSSR count). The van der Waals surface area contributed by atoms with Crippen molar-refractivity contribution >= 4 is 34.3 Å². The van der Waals surface area contributed by atoms with Crippen LogP contribution in [-0.4, -0.2) is 46.6 Å². The summed E-state index contributed by atoms with van der Waals surface area (Å²) in [5.41, 5.74) is 9.33. The number of fused-ring (bicyclic) bond motifs is 10. The predicted octanol–water partition coefficient (Wildman–Crippen LogP) is 13.1. The number of benzene rings is 6. The van der Waals surface area contributed by atoms with E-state index in [4.69, 9.17) is 18.9 Å². The molecule has 2 saturated carbocycles. The Balaban J connectivity index is 1.13. The van der Waals surface area contributed by atoms with Gasteiger partial charge in [-0.1, -0.05) is 109 Å². The fourth-order valence-electron chi connectivity index (χ4n) is 11.8. The minimum absolute atomic E-state index is 0.0998. The zero-order valence-electron chi connectivity index (χ0n) is 36.1. The number of hydrogen-bond acceptors (Lipinski definition) is 8. The van der Waals surface area contributed by atoms with Crippen LogP contribution in [0.5, 0.6) is 17.2 Å². The van der Waals surface area contributed by atoms with Crippen molar-refractivity contribution in [1.82, 2.24) is 0 Å². The lowest BCUT2D eigenvalue weighted by molar-refractivity contribution is 0.0948. The molecule has 2 spiro atoms. The third kappa shape index (κ3) is 6.92. The summed E-state index contributed by atoms with van der Waals surface area (Å²) in [7, 11) is 1.78. The van der Waals surface area contributed by atoms with E-state index < -0.39 is 5.60 Å². The molecule has 0 N–H and O–H groups in total. The fraction of sp³-hybridized carbons (Fsp3) is 0.345. The molecule has 1 unspecified atom stereocenters. The van der Waals surface area contributed by atoms with Gasteiger partial charge in [0.05, 0.1) is 25.2 Å². The average Bonchev–Trinajstić information content (AvgIpc) is 3.63. The maximum absolute atomic E-state index is 10.8. The van der Waals surface area contributed by atoms with Crippen molar-refractivity contribution in [1.29, 1.82) is 0 Å². The topological polar surface area (TPSA) is 69.6 Å². The summed E-state index contributed by atoms with van der Waals surface area (Å²) in [5, 5.41) is 5.23. The highest BCUT2D eigenvalue weighted by Gasteiger charge is 2.52. The van der Waals surface area contributed by atoms with Crippen LogP contribution in [0.2, 0.25) is 0 Å². The zero-order chi connectivity index (χ0) is 42.4. The van der Waals surface area contributed by atoms with Gasteiger partial charge in [-0.3, -0.25) is 0 Å². The molecular weight excluding hydrogens is 801 g/mol. The molecule has 7 nitrogen and oxygen atoms in total. The quantitative estimate of drug-likeness (QED) is 0.100. The minimum Gasteiger partial charge on any atom is -0.496 e. The summed E-state index contributed by atoms with van der Waals surface area (Å²) in [6.45, 7) is 3.52. The molecule has 0 amide bonds. The SMILES string of the molecule is COc1cc2c3c(c4c(c2cc1Sc1ccccc1)-c1ccccc1C41CCC2(CCCCC2)CC1)C=CC(c1ccc(OCCN=O)cc1)(c1ccc(N2CCOCC2)cc1)O3. The van der Waals surface area contributed by atoms with E-state index >= 15 is 0 Å². The van der Waals surface area contributed by atoms with Gasteiger partial charge in [0.15, 0.2) is 5.60 Å². The van der Waals surface area contributed by atoms with Gasteiger partial charge in [0, 0.05) is 51.2 Å². The van der Waals surface area contributed by atoms with E-state index in [9.17, 15) is 4.91 Å². The van der Waals surface area contributed by atoms with E-state index in [1.54, 1.807) is 18.9 Å². The number of rotatable bonds is 10. The van der Waals surface area contributed by atoms with Crippen LogP contribution in [0, 0.1) is 10.3 Å². The maximum atomic E-state index is 10.8. The number of nitroso groups, excluding NO2 is 1. The highest BCUT2D eigenvalue weighted by Crippen LogP contribution is 2.65. The van der Waals surface area contributed by atoms with Gasteiger partial charge < -0.3 is 23.8 Å². The van der Waals surface area contributed by atoms with E-state index in [-0.39, 0.29) is 18.6 Å². The standard InChI is InChI=1S/C55H54N2O5S/c1-59-48-36-46-45(37-49(48)63-42-10-4-2-5-11-42)50-43-12-6-7-13-47(43)54(28-26-53(27-29-54)23-8-3-9-24-53)51(50)44-22-25-55(62-52(44)46,39-16-20-41(21-17-39)61-33-30-56-58)38-14-18-40(19-15-38)57-31-34-60-35-32-57/h2,4-7,10-22,25,36-37H,3,8-9,23-24,26-35H2,1H3. The highest BCUT2D eigenvalue weighted by atomic mass is 32.2. The van der Waals surface area contributed by atoms with Gasteiger partial charge in [-0.15, -0.1) is 0 Å². The average molecular weight is 855 g/mol. The largest absolute Gasteiger partial charge is 0.496 e. The maximum Gasteiger partial charge on any atom is 0.178 e. The van der Waals surface area contributed by atoms with Crippen LogP contribution in [-0.2, 0) is 15.8 Å². The molecular formula is C55H54N2O5S. The lowest BCUT2D eigenvalue weighted by Crippen LogP contribution is -2.39. The molecule has 0 aromatic heterocycles. The van der Waals surface area contributed by atoms with Crippen molar-refractivity contribution in [2.75, 3.05) is 51.5 Å². The number of ether oxygens (including phenoxy) is 4. The minimum atomic E-state index is -0.970. The summed E-state index contributed by atoms with van der Waals surface area (Å²) in [6, 6.07) is 41.6. The van der Waals surface area contributed by atoms with Crippen molar-refractivity contribution in [2.45, 2.75) is 78.6 Å². The van der Waals surface area contributed by atoms with Crippen LogP contribution in [0.1, 0.15) is 85.6 Å². The smallest absolute Gasteiger partial charge is 0.178 e. The molecule has 6 aromatic carbocycles. The van der Waals surface area contributed by atoms with Gasteiger partial charge >= 0.3 is 0 Å². The summed E-state index contributed by atoms with van der Waals surface area (Å²) >= 11 is 1.75. The Bertz CT molecular complexity index is 2680. The summed E-state index contributed by atoms with van der Waals surface area (Å²) in [5.74, 6) is 2.39. The fourth-order valence-corrected chi connectivity index (χ4v) is 12.7. The normalized spacial score (nSPS) is 20.5. The molecule has 0 bridgehead atoms. The van der Waals surface area contributed by atoms with Crippen LogP contribution in [0.3, 0.4) is 0 Å². The number of morpholine rings is 1. The number of hydrogen-bond donors (Lipinski definition) is 0. The van der Waals surface area contributed by atoms with Crippen LogP contribution in [0.4, 0.5) is 5.69 Å². The highest BCUT2D eigenvalue weighted by molar-refractivity contribution is 7.99. The molecule has 1 saturated heterocycles. The first-order chi connectivity index (χ1) is 31.0. The lowest BCUT2D eigenvalue weighted by Gasteiger charge is -2.48. The van der Waals surface area contributed by atoms with E-state index in [0.717, 1.165) is 72.1 Å². The lowest BCUT2D eigenvalue weighted by atomic mass is 9.56. The first-order valence-corrected chi connectivity index (χ1v) is 23.7. The molecule has 1 atom stereocenters. The molecule has 3 aliphatic carbocycles. The van der Waals surface area contributed by atoms with Crippen molar-refractivity contribution in [3.63, 3.8) is 0 Å². The van der Waals surface area contributed by atoms with E-state index in [0.29, 0.717) is 11.2 Å². The van der Waals surface area contributed by atoms with Gasteiger partial charge in [0.1, 0.15) is 30.4 Å². The van der Waals surface area contributed by atoms with Crippen molar-refractivity contribution in [3.8, 4) is 28.4 Å². The molecule has 0 radical (unpaired) electrons. The molecule has 2 heterocycles. The molecule has 63 heavy (non-hydrogen) atoms. The van der Waals surface area contributed by atoms with Crippen LogP contribution in [0.25, 0.3) is 28.0 Å². The summed E-state index contributed by atoms with van der Waals surface area (Å²) in [4.78, 5) is 15.5.